The van der Waals surface area contributed by atoms with Crippen LogP contribution in [0.15, 0.2) is 47.7 Å². The van der Waals surface area contributed by atoms with Crippen LogP contribution in [0.4, 0.5) is 5.69 Å². The van der Waals surface area contributed by atoms with Gasteiger partial charge in [-0.15, -0.1) is 0 Å². The fourth-order valence-corrected chi connectivity index (χ4v) is 2.53. The van der Waals surface area contributed by atoms with Gasteiger partial charge in [-0.25, -0.2) is 4.98 Å². The number of halogens is 1. The second-order valence-electron chi connectivity index (χ2n) is 4.81. The van der Waals surface area contributed by atoms with E-state index >= 15 is 0 Å². The van der Waals surface area contributed by atoms with Crippen LogP contribution in [0.25, 0.3) is 11.0 Å². The number of fused-ring (bicyclic) bond motifs is 1. The number of pyridine rings is 2. The van der Waals surface area contributed by atoms with Crippen LogP contribution in [-0.4, -0.2) is 26.1 Å². The van der Waals surface area contributed by atoms with E-state index in [0.29, 0.717) is 0 Å². The lowest BCUT2D eigenvalue weighted by Gasteiger charge is -2.09. The van der Waals surface area contributed by atoms with Crippen LogP contribution in [-0.2, 0) is 6.54 Å². The molecule has 108 valence electrons. The van der Waals surface area contributed by atoms with Gasteiger partial charge in [0.25, 0.3) is 0 Å². The van der Waals surface area contributed by atoms with Crippen LogP contribution in [0.1, 0.15) is 12.8 Å². The summed E-state index contributed by atoms with van der Waals surface area (Å²) in [6, 6.07) is 3.95. The van der Waals surface area contributed by atoms with Crippen molar-refractivity contribution in [3.05, 3.63) is 47.7 Å². The van der Waals surface area contributed by atoms with E-state index in [9.17, 15) is 0 Å². The summed E-state index contributed by atoms with van der Waals surface area (Å²) in [5.41, 5.74) is 2.85. The Hall–Kier alpha value is -1.95. The van der Waals surface area contributed by atoms with Crippen molar-refractivity contribution < 1.29 is 0 Å². The fraction of sp³-hybridized carbons (Fsp3) is 0.267. The molecule has 3 aromatic rings. The van der Waals surface area contributed by atoms with Crippen LogP contribution >= 0.6 is 15.9 Å². The predicted molar refractivity (Wildman–Crippen MR) is 87.2 cm³/mol. The maximum atomic E-state index is 4.44. The molecule has 3 rings (SSSR count). The Morgan fingerprint density at radius 3 is 3.00 bits per heavy atom. The number of aryl methyl sites for hydroxylation is 1. The third kappa shape index (κ3) is 3.58. The van der Waals surface area contributed by atoms with E-state index in [0.717, 1.165) is 47.1 Å². The molecule has 0 bridgehead atoms. The molecule has 21 heavy (non-hydrogen) atoms. The lowest BCUT2D eigenvalue weighted by Crippen LogP contribution is -2.04. The Balaban J connectivity index is 1.55. The lowest BCUT2D eigenvalue weighted by atomic mass is 10.2. The van der Waals surface area contributed by atoms with Crippen molar-refractivity contribution in [2.24, 2.45) is 0 Å². The average Bonchev–Trinajstić information content (AvgIpc) is 3.00. The minimum atomic E-state index is 0.896. The number of nitrogens with one attached hydrogen (secondary N) is 1. The zero-order valence-corrected chi connectivity index (χ0v) is 13.1. The minimum absolute atomic E-state index is 0.896. The van der Waals surface area contributed by atoms with E-state index in [1.54, 1.807) is 6.20 Å². The van der Waals surface area contributed by atoms with Gasteiger partial charge in [0.15, 0.2) is 0 Å². The Morgan fingerprint density at radius 2 is 2.14 bits per heavy atom. The molecule has 0 fully saturated rings. The van der Waals surface area contributed by atoms with Crippen LogP contribution in [0.3, 0.4) is 0 Å². The highest BCUT2D eigenvalue weighted by molar-refractivity contribution is 9.10. The van der Waals surface area contributed by atoms with Gasteiger partial charge in [0.05, 0.1) is 17.5 Å². The van der Waals surface area contributed by atoms with Gasteiger partial charge in [-0.05, 0) is 40.9 Å². The highest BCUT2D eigenvalue weighted by Crippen LogP contribution is 2.21. The Kier molecular flexibility index (Phi) is 4.45. The fourth-order valence-electron chi connectivity index (χ4n) is 2.21. The van der Waals surface area contributed by atoms with Crippen LogP contribution < -0.4 is 5.32 Å². The molecule has 0 aromatic carbocycles. The number of anilines is 1. The van der Waals surface area contributed by atoms with Gasteiger partial charge in [0.1, 0.15) is 5.52 Å². The highest BCUT2D eigenvalue weighted by Gasteiger charge is 2.03. The van der Waals surface area contributed by atoms with E-state index in [1.165, 1.54) is 0 Å². The molecule has 3 aromatic heterocycles. The van der Waals surface area contributed by atoms with Crippen LogP contribution in [0, 0.1) is 0 Å². The van der Waals surface area contributed by atoms with Crippen molar-refractivity contribution in [3.63, 3.8) is 0 Å². The molecule has 0 aliphatic rings. The first kappa shape index (κ1) is 14.0. The van der Waals surface area contributed by atoms with Gasteiger partial charge in [-0.2, -0.15) is 0 Å². The van der Waals surface area contributed by atoms with Gasteiger partial charge >= 0.3 is 0 Å². The zero-order chi connectivity index (χ0) is 14.5. The van der Waals surface area contributed by atoms with Crippen LogP contribution in [0.2, 0.25) is 0 Å². The van der Waals surface area contributed by atoms with E-state index in [-0.39, 0.29) is 0 Å². The summed E-state index contributed by atoms with van der Waals surface area (Å²) in [4.78, 5) is 12.8. The van der Waals surface area contributed by atoms with E-state index in [4.69, 9.17) is 0 Å². The zero-order valence-electron chi connectivity index (χ0n) is 11.5. The van der Waals surface area contributed by atoms with Gasteiger partial charge in [-0.3, -0.25) is 9.97 Å². The number of hydrogen-bond acceptors (Lipinski definition) is 4. The molecule has 0 amide bonds. The lowest BCUT2D eigenvalue weighted by molar-refractivity contribution is 0.621. The second-order valence-corrected chi connectivity index (χ2v) is 5.73. The Bertz CT molecular complexity index is 711. The largest absolute Gasteiger partial charge is 0.383 e. The summed E-state index contributed by atoms with van der Waals surface area (Å²) in [6.45, 7) is 1.93. The smallest absolute Gasteiger partial charge is 0.112 e. The minimum Gasteiger partial charge on any atom is -0.383 e. The van der Waals surface area contributed by atoms with Crippen molar-refractivity contribution in [1.29, 1.82) is 0 Å². The van der Waals surface area contributed by atoms with Crippen molar-refractivity contribution in [1.82, 2.24) is 19.5 Å². The predicted octanol–water partition coefficient (Wildman–Crippen LogP) is 3.48. The van der Waals surface area contributed by atoms with Crippen molar-refractivity contribution >= 4 is 32.7 Å². The molecule has 0 aliphatic carbocycles. The summed E-state index contributed by atoms with van der Waals surface area (Å²) in [5, 5.41) is 3.44. The van der Waals surface area contributed by atoms with Gasteiger partial charge in [0.2, 0.25) is 0 Å². The summed E-state index contributed by atoms with van der Waals surface area (Å²) < 4.78 is 3.04. The molecule has 0 saturated heterocycles. The third-order valence-electron chi connectivity index (χ3n) is 3.26. The van der Waals surface area contributed by atoms with E-state index in [2.05, 4.69) is 40.8 Å². The number of hydrogen-bond donors (Lipinski definition) is 1. The number of nitrogens with zero attached hydrogens (tertiary/aromatic N) is 4. The van der Waals surface area contributed by atoms with Crippen molar-refractivity contribution in [3.8, 4) is 0 Å². The first-order chi connectivity index (χ1) is 10.3. The molecule has 5 nitrogen and oxygen atoms in total. The molecule has 0 saturated carbocycles. The van der Waals surface area contributed by atoms with Crippen molar-refractivity contribution in [2.75, 3.05) is 11.9 Å². The number of imidazole rings is 1. The quantitative estimate of drug-likeness (QED) is 0.695. The number of unbranched alkanes of at least 4 members (excludes halogenated alkanes) is 1. The summed E-state index contributed by atoms with van der Waals surface area (Å²) in [7, 11) is 0. The van der Waals surface area contributed by atoms with Crippen LogP contribution in [0.5, 0.6) is 0 Å². The third-order valence-corrected chi connectivity index (χ3v) is 3.70. The average molecular weight is 346 g/mol. The molecular formula is C15H16BrN5. The standard InChI is InChI=1S/C15H16BrN5/c16-12-9-14-15(20-10-12)13(3-5-19-14)18-4-1-2-7-21-8-6-17-11-21/h3,5-6,8-11H,1-2,4,7H2,(H,18,19). The molecule has 3 heterocycles. The molecule has 0 atom stereocenters. The monoisotopic (exact) mass is 345 g/mol. The summed E-state index contributed by atoms with van der Waals surface area (Å²) in [5.74, 6) is 0. The van der Waals surface area contributed by atoms with E-state index < -0.39 is 0 Å². The van der Waals surface area contributed by atoms with Gasteiger partial charge in [0, 0.05) is 42.3 Å². The van der Waals surface area contributed by atoms with E-state index in [1.807, 2.05) is 37.1 Å². The molecule has 0 radical (unpaired) electrons. The molecule has 0 spiro atoms. The van der Waals surface area contributed by atoms with Crippen molar-refractivity contribution in [2.45, 2.75) is 19.4 Å². The summed E-state index contributed by atoms with van der Waals surface area (Å²) in [6.07, 6.45) is 11.5. The number of aromatic nitrogens is 4. The first-order valence-electron chi connectivity index (χ1n) is 6.93. The normalized spacial score (nSPS) is 10.9. The molecule has 0 unspecified atom stereocenters. The molecule has 6 heteroatoms. The second kappa shape index (κ2) is 6.67. The Morgan fingerprint density at radius 1 is 1.19 bits per heavy atom. The van der Waals surface area contributed by atoms with Gasteiger partial charge in [-0.1, -0.05) is 0 Å². The Labute approximate surface area is 131 Å². The topological polar surface area (TPSA) is 55.6 Å². The first-order valence-corrected chi connectivity index (χ1v) is 7.72. The summed E-state index contributed by atoms with van der Waals surface area (Å²) >= 11 is 3.42. The molecule has 0 aliphatic heterocycles. The SMILES string of the molecule is Brc1cnc2c(NCCCCn3ccnc3)ccnc2c1. The maximum Gasteiger partial charge on any atom is 0.112 e. The number of rotatable bonds is 6. The molecular weight excluding hydrogens is 330 g/mol. The maximum absolute atomic E-state index is 4.44. The molecule has 1 N–H and O–H groups in total. The highest BCUT2D eigenvalue weighted by atomic mass is 79.9. The van der Waals surface area contributed by atoms with Gasteiger partial charge < -0.3 is 9.88 Å².